The Morgan fingerprint density at radius 3 is 2.67 bits per heavy atom. The minimum absolute atomic E-state index is 0.0689. The molecular weight excluding hydrogens is 264 g/mol. The number of aliphatic hydroxyl groups excluding tert-OH is 1. The maximum atomic E-state index is 9.27. The van der Waals surface area contributed by atoms with Crippen molar-refractivity contribution in [1.82, 2.24) is 4.90 Å². The van der Waals surface area contributed by atoms with Crippen LogP contribution in [0, 0.1) is 17.8 Å². The minimum Gasteiger partial charge on any atom is -0.492 e. The average molecular weight is 288 g/mol. The Morgan fingerprint density at radius 1 is 1.33 bits per heavy atom. The Labute approximate surface area is 126 Å². The quantitative estimate of drug-likeness (QED) is 0.769. The smallest absolute Gasteiger partial charge is 0.119 e. The van der Waals surface area contributed by atoms with Crippen LogP contribution in [0.4, 0.5) is 0 Å². The molecule has 114 valence electrons. The van der Waals surface area contributed by atoms with Crippen molar-refractivity contribution < 1.29 is 9.84 Å². The molecule has 3 N–H and O–H groups in total. The lowest BCUT2D eigenvalue weighted by molar-refractivity contribution is 0.0269. The van der Waals surface area contributed by atoms with Crippen molar-refractivity contribution in [1.29, 1.82) is 0 Å². The molecule has 1 aromatic rings. The molecule has 0 amide bonds. The van der Waals surface area contributed by atoms with Gasteiger partial charge in [-0.05, 0) is 50.1 Å². The van der Waals surface area contributed by atoms with Crippen LogP contribution in [0.15, 0.2) is 24.3 Å². The van der Waals surface area contributed by atoms with Crippen molar-refractivity contribution in [2.24, 2.45) is 11.7 Å². The SMILES string of the molecule is CN(CCOc1ccc(C#CCN)cc1)CC1CC(O)C1. The number of rotatable bonds is 6. The van der Waals surface area contributed by atoms with Crippen LogP contribution in [-0.4, -0.2) is 49.4 Å². The maximum Gasteiger partial charge on any atom is 0.119 e. The van der Waals surface area contributed by atoms with E-state index in [1.54, 1.807) is 0 Å². The molecule has 0 unspecified atom stereocenters. The molecule has 0 bridgehead atoms. The summed E-state index contributed by atoms with van der Waals surface area (Å²) in [5.41, 5.74) is 6.29. The van der Waals surface area contributed by atoms with Gasteiger partial charge in [-0.25, -0.2) is 0 Å². The van der Waals surface area contributed by atoms with Gasteiger partial charge < -0.3 is 20.5 Å². The van der Waals surface area contributed by atoms with Gasteiger partial charge in [0, 0.05) is 18.7 Å². The van der Waals surface area contributed by atoms with Gasteiger partial charge in [-0.1, -0.05) is 11.8 Å². The molecule has 1 saturated carbocycles. The Balaban J connectivity index is 1.65. The van der Waals surface area contributed by atoms with Crippen LogP contribution < -0.4 is 10.5 Å². The molecule has 0 spiro atoms. The molecule has 1 fully saturated rings. The summed E-state index contributed by atoms with van der Waals surface area (Å²) < 4.78 is 5.73. The Bertz CT molecular complexity index is 484. The topological polar surface area (TPSA) is 58.7 Å². The number of benzene rings is 1. The zero-order valence-electron chi connectivity index (χ0n) is 12.6. The van der Waals surface area contributed by atoms with E-state index in [4.69, 9.17) is 10.5 Å². The highest BCUT2D eigenvalue weighted by Crippen LogP contribution is 2.27. The van der Waals surface area contributed by atoms with Crippen molar-refractivity contribution in [2.75, 3.05) is 33.3 Å². The van der Waals surface area contributed by atoms with Crippen molar-refractivity contribution in [2.45, 2.75) is 18.9 Å². The summed E-state index contributed by atoms with van der Waals surface area (Å²) in [6, 6.07) is 7.75. The van der Waals surface area contributed by atoms with E-state index >= 15 is 0 Å². The summed E-state index contributed by atoms with van der Waals surface area (Å²) in [6.07, 6.45) is 1.81. The van der Waals surface area contributed by atoms with E-state index in [1.807, 2.05) is 24.3 Å². The van der Waals surface area contributed by atoms with E-state index in [-0.39, 0.29) is 6.10 Å². The number of ether oxygens (including phenoxy) is 1. The largest absolute Gasteiger partial charge is 0.492 e. The molecular formula is C17H24N2O2. The highest BCUT2D eigenvalue weighted by molar-refractivity contribution is 5.38. The molecule has 0 saturated heterocycles. The van der Waals surface area contributed by atoms with Gasteiger partial charge in [-0.15, -0.1) is 0 Å². The average Bonchev–Trinajstić information content (AvgIpc) is 2.45. The maximum absolute atomic E-state index is 9.27. The number of hydrogen-bond acceptors (Lipinski definition) is 4. The van der Waals surface area contributed by atoms with Crippen LogP contribution in [0.1, 0.15) is 18.4 Å². The molecule has 0 radical (unpaired) electrons. The number of hydrogen-bond donors (Lipinski definition) is 2. The third kappa shape index (κ3) is 5.39. The molecule has 0 aromatic heterocycles. The van der Waals surface area contributed by atoms with Gasteiger partial charge in [0.2, 0.25) is 0 Å². The van der Waals surface area contributed by atoms with E-state index in [9.17, 15) is 5.11 Å². The van der Waals surface area contributed by atoms with Gasteiger partial charge >= 0.3 is 0 Å². The normalized spacial score (nSPS) is 20.6. The Kier molecular flexibility index (Phi) is 6.06. The van der Waals surface area contributed by atoms with E-state index in [0.717, 1.165) is 37.2 Å². The molecule has 1 aromatic carbocycles. The molecule has 2 rings (SSSR count). The zero-order chi connectivity index (χ0) is 15.1. The number of nitrogens with zero attached hydrogens (tertiary/aromatic N) is 1. The first-order valence-corrected chi connectivity index (χ1v) is 7.46. The minimum atomic E-state index is -0.0689. The predicted octanol–water partition coefficient (Wildman–Crippen LogP) is 1.08. The fourth-order valence-corrected chi connectivity index (χ4v) is 2.49. The highest BCUT2D eigenvalue weighted by Gasteiger charge is 2.27. The van der Waals surface area contributed by atoms with Crippen molar-refractivity contribution in [3.8, 4) is 17.6 Å². The number of likely N-dealkylation sites (N-methyl/N-ethyl adjacent to an activating group) is 1. The molecule has 1 aliphatic carbocycles. The molecule has 0 aliphatic heterocycles. The predicted molar refractivity (Wildman–Crippen MR) is 84.1 cm³/mol. The van der Waals surface area contributed by atoms with Crippen LogP contribution in [0.5, 0.6) is 5.75 Å². The third-order valence-corrected chi connectivity index (χ3v) is 3.71. The van der Waals surface area contributed by atoms with Gasteiger partial charge in [0.05, 0.1) is 12.6 Å². The summed E-state index contributed by atoms with van der Waals surface area (Å²) in [5, 5.41) is 9.27. The lowest BCUT2D eigenvalue weighted by atomic mass is 9.82. The second kappa shape index (κ2) is 8.04. The van der Waals surface area contributed by atoms with Crippen molar-refractivity contribution in [3.05, 3.63) is 29.8 Å². The molecule has 1 aliphatic rings. The van der Waals surface area contributed by atoms with E-state index in [1.165, 1.54) is 0 Å². The monoisotopic (exact) mass is 288 g/mol. The Hall–Kier alpha value is -1.54. The van der Waals surface area contributed by atoms with Crippen molar-refractivity contribution >= 4 is 0 Å². The molecule has 4 heteroatoms. The van der Waals surface area contributed by atoms with Crippen molar-refractivity contribution in [3.63, 3.8) is 0 Å². The molecule has 21 heavy (non-hydrogen) atoms. The first-order valence-electron chi connectivity index (χ1n) is 7.46. The second-order valence-electron chi connectivity index (χ2n) is 5.63. The summed E-state index contributed by atoms with van der Waals surface area (Å²) in [6.45, 7) is 2.97. The zero-order valence-corrected chi connectivity index (χ0v) is 12.6. The first-order chi connectivity index (χ1) is 10.2. The lowest BCUT2D eigenvalue weighted by Gasteiger charge is -2.34. The third-order valence-electron chi connectivity index (χ3n) is 3.71. The lowest BCUT2D eigenvalue weighted by Crippen LogP contribution is -2.38. The van der Waals surface area contributed by atoms with Gasteiger partial charge in [0.25, 0.3) is 0 Å². The highest BCUT2D eigenvalue weighted by atomic mass is 16.5. The van der Waals surface area contributed by atoms with Gasteiger partial charge in [-0.3, -0.25) is 0 Å². The fourth-order valence-electron chi connectivity index (χ4n) is 2.49. The van der Waals surface area contributed by atoms with E-state index in [2.05, 4.69) is 23.8 Å². The van der Waals surface area contributed by atoms with Crippen LogP contribution >= 0.6 is 0 Å². The van der Waals surface area contributed by atoms with Crippen LogP contribution in [0.2, 0.25) is 0 Å². The Morgan fingerprint density at radius 2 is 2.05 bits per heavy atom. The molecule has 4 nitrogen and oxygen atoms in total. The molecule has 0 atom stereocenters. The number of aliphatic hydroxyl groups is 1. The summed E-state index contributed by atoms with van der Waals surface area (Å²) in [5.74, 6) is 7.32. The second-order valence-corrected chi connectivity index (χ2v) is 5.63. The summed E-state index contributed by atoms with van der Waals surface area (Å²) >= 11 is 0. The van der Waals surface area contributed by atoms with E-state index < -0.39 is 0 Å². The summed E-state index contributed by atoms with van der Waals surface area (Å²) in [7, 11) is 2.10. The van der Waals surface area contributed by atoms with Gasteiger partial charge in [0.1, 0.15) is 12.4 Å². The number of nitrogens with two attached hydrogens (primary N) is 1. The fraction of sp³-hybridized carbons (Fsp3) is 0.529. The van der Waals surface area contributed by atoms with Crippen LogP contribution in [0.25, 0.3) is 0 Å². The molecule has 0 heterocycles. The summed E-state index contributed by atoms with van der Waals surface area (Å²) in [4.78, 5) is 2.26. The van der Waals surface area contributed by atoms with Gasteiger partial charge in [0.15, 0.2) is 0 Å². The van der Waals surface area contributed by atoms with Crippen LogP contribution in [-0.2, 0) is 0 Å². The first kappa shape index (κ1) is 15.8. The standard InChI is InChI=1S/C17H24N2O2/c1-19(13-15-11-16(20)12-15)9-10-21-17-6-4-14(5-7-17)3-2-8-18/h4-7,15-16,20H,8-13,18H2,1H3. The van der Waals surface area contributed by atoms with Gasteiger partial charge in [-0.2, -0.15) is 0 Å². The van der Waals surface area contributed by atoms with E-state index in [0.29, 0.717) is 19.1 Å². The van der Waals surface area contributed by atoms with Crippen LogP contribution in [0.3, 0.4) is 0 Å².